The molecule has 0 N–H and O–H groups in total. The number of hydrogen-bond donors (Lipinski definition) is 0. The Morgan fingerprint density at radius 2 is 1.06 bits per heavy atom. The lowest BCUT2D eigenvalue weighted by Crippen LogP contribution is -2.17. The second kappa shape index (κ2) is 10.2. The number of aromatic nitrogens is 4. The standard InChI is InChI=1S/C39H22F6N4/c40-38(41,42)28-15-14-25(20-29(28)39(43,44)45)47-19-18-23-22-46-35(21-34(23)47)49-31-13-7-5-11-27(31)37-33(49)17-16-32-36(37)26-10-4-6-12-30(26)48(32)24-8-2-1-3-9-24/h1-22H. The largest absolute Gasteiger partial charge is 0.417 e. The van der Waals surface area contributed by atoms with Crippen molar-refractivity contribution >= 4 is 54.5 Å². The zero-order valence-electron chi connectivity index (χ0n) is 25.3. The fraction of sp³-hybridized carbons (Fsp3) is 0.0513. The molecule has 0 saturated heterocycles. The summed E-state index contributed by atoms with van der Waals surface area (Å²) >= 11 is 0. The zero-order valence-corrected chi connectivity index (χ0v) is 25.3. The lowest BCUT2D eigenvalue weighted by atomic mass is 10.1. The minimum absolute atomic E-state index is 0.0508. The van der Waals surface area contributed by atoms with Crippen molar-refractivity contribution in [3.8, 4) is 17.2 Å². The van der Waals surface area contributed by atoms with Gasteiger partial charge >= 0.3 is 12.4 Å². The first kappa shape index (κ1) is 29.1. The fourth-order valence-electron chi connectivity index (χ4n) is 7.15. The molecular formula is C39H22F6N4. The van der Waals surface area contributed by atoms with E-state index in [1.165, 1.54) is 10.8 Å². The molecule has 9 aromatic rings. The number of alkyl halides is 6. The lowest BCUT2D eigenvalue weighted by molar-refractivity contribution is -0.162. The molecule has 0 aliphatic carbocycles. The van der Waals surface area contributed by atoms with Crippen LogP contribution in [0.4, 0.5) is 26.3 Å². The molecule has 4 heterocycles. The molecule has 0 aliphatic rings. The van der Waals surface area contributed by atoms with E-state index in [2.05, 4.69) is 41.0 Å². The molecule has 240 valence electrons. The maximum absolute atomic E-state index is 13.8. The predicted octanol–water partition coefficient (Wildman–Crippen LogP) is 11.3. The number of halogens is 6. The summed E-state index contributed by atoms with van der Waals surface area (Å²) < 4.78 is 87.8. The Kier molecular flexibility index (Phi) is 6.08. The summed E-state index contributed by atoms with van der Waals surface area (Å²) in [5.74, 6) is 0.507. The van der Waals surface area contributed by atoms with Crippen LogP contribution in [0.1, 0.15) is 11.1 Å². The van der Waals surface area contributed by atoms with Gasteiger partial charge in [-0.25, -0.2) is 4.98 Å². The van der Waals surface area contributed by atoms with Gasteiger partial charge in [0.25, 0.3) is 0 Å². The summed E-state index contributed by atoms with van der Waals surface area (Å²) in [7, 11) is 0. The van der Waals surface area contributed by atoms with Crippen LogP contribution in [-0.2, 0) is 12.4 Å². The number of rotatable bonds is 3. The van der Waals surface area contributed by atoms with Gasteiger partial charge in [-0.3, -0.25) is 4.57 Å². The van der Waals surface area contributed by atoms with Gasteiger partial charge in [-0.1, -0.05) is 54.6 Å². The lowest BCUT2D eigenvalue weighted by Gasteiger charge is -2.17. The van der Waals surface area contributed by atoms with Crippen molar-refractivity contribution in [2.75, 3.05) is 0 Å². The van der Waals surface area contributed by atoms with E-state index in [0.717, 1.165) is 55.4 Å². The van der Waals surface area contributed by atoms with E-state index in [4.69, 9.17) is 4.98 Å². The highest BCUT2D eigenvalue weighted by Gasteiger charge is 2.43. The Hall–Kier alpha value is -6.03. The molecule has 0 fully saturated rings. The summed E-state index contributed by atoms with van der Waals surface area (Å²) in [6, 6.07) is 36.0. The fourth-order valence-corrected chi connectivity index (χ4v) is 7.15. The Balaban J connectivity index is 1.31. The van der Waals surface area contributed by atoms with Crippen LogP contribution in [0, 0.1) is 0 Å². The highest BCUT2D eigenvalue weighted by Crippen LogP contribution is 2.43. The second-order valence-electron chi connectivity index (χ2n) is 11.9. The van der Waals surface area contributed by atoms with Crippen LogP contribution in [0.2, 0.25) is 0 Å². The van der Waals surface area contributed by atoms with Crippen LogP contribution in [-0.4, -0.2) is 18.7 Å². The van der Waals surface area contributed by atoms with Gasteiger partial charge in [0, 0.05) is 56.8 Å². The molecule has 0 saturated carbocycles. The number of hydrogen-bond acceptors (Lipinski definition) is 1. The minimum Gasteiger partial charge on any atom is -0.316 e. The summed E-state index contributed by atoms with van der Waals surface area (Å²) in [4.78, 5) is 4.77. The quantitative estimate of drug-likeness (QED) is 0.173. The van der Waals surface area contributed by atoms with Gasteiger partial charge < -0.3 is 9.13 Å². The molecule has 0 bridgehead atoms. The highest BCUT2D eigenvalue weighted by atomic mass is 19.4. The van der Waals surface area contributed by atoms with Crippen LogP contribution in [0.5, 0.6) is 0 Å². The first-order valence-electron chi connectivity index (χ1n) is 15.4. The summed E-state index contributed by atoms with van der Waals surface area (Å²) in [6.07, 6.45) is -7.20. The average Bonchev–Trinajstić information content (AvgIpc) is 3.77. The van der Waals surface area contributed by atoms with Gasteiger partial charge in [0.15, 0.2) is 0 Å². The molecule has 4 aromatic heterocycles. The van der Waals surface area contributed by atoms with Gasteiger partial charge in [0.1, 0.15) is 5.82 Å². The van der Waals surface area contributed by atoms with Gasteiger partial charge in [-0.05, 0) is 60.7 Å². The molecule has 0 radical (unpaired) electrons. The highest BCUT2D eigenvalue weighted by molar-refractivity contribution is 6.28. The maximum atomic E-state index is 13.8. The van der Waals surface area contributed by atoms with Crippen molar-refractivity contribution in [2.45, 2.75) is 12.4 Å². The number of fused-ring (bicyclic) bond motifs is 8. The first-order valence-corrected chi connectivity index (χ1v) is 15.4. The Labute approximate surface area is 273 Å². The molecule has 4 nitrogen and oxygen atoms in total. The smallest absolute Gasteiger partial charge is 0.316 e. The second-order valence-corrected chi connectivity index (χ2v) is 11.9. The molecule has 10 heteroatoms. The van der Waals surface area contributed by atoms with Crippen molar-refractivity contribution in [3.63, 3.8) is 0 Å². The van der Waals surface area contributed by atoms with Gasteiger partial charge in [-0.15, -0.1) is 0 Å². The van der Waals surface area contributed by atoms with Crippen molar-refractivity contribution < 1.29 is 26.3 Å². The van der Waals surface area contributed by atoms with Crippen LogP contribution in [0.15, 0.2) is 134 Å². The van der Waals surface area contributed by atoms with Crippen LogP contribution >= 0.6 is 0 Å². The van der Waals surface area contributed by atoms with Crippen molar-refractivity contribution in [1.82, 2.24) is 18.7 Å². The minimum atomic E-state index is -5.20. The summed E-state index contributed by atoms with van der Waals surface area (Å²) in [5, 5.41) is 4.78. The van der Waals surface area contributed by atoms with Crippen molar-refractivity contribution in [3.05, 3.63) is 145 Å². The number of benzene rings is 5. The van der Waals surface area contributed by atoms with Gasteiger partial charge in [0.05, 0.1) is 38.7 Å². The van der Waals surface area contributed by atoms with Crippen molar-refractivity contribution in [2.24, 2.45) is 0 Å². The molecule has 9 rings (SSSR count). The maximum Gasteiger partial charge on any atom is 0.417 e. The average molecular weight is 661 g/mol. The van der Waals surface area contributed by atoms with E-state index in [-0.39, 0.29) is 5.69 Å². The topological polar surface area (TPSA) is 27.7 Å². The Bertz CT molecular complexity index is 2750. The first-order chi connectivity index (χ1) is 23.6. The monoisotopic (exact) mass is 660 g/mol. The SMILES string of the molecule is FC(F)(F)c1ccc(-n2ccc3cnc(-n4c5ccccc5c5c6c7ccccc7n(-c7ccccc7)c6ccc54)cc32)cc1C(F)(F)F. The van der Waals surface area contributed by atoms with Gasteiger partial charge in [0.2, 0.25) is 0 Å². The third-order valence-corrected chi connectivity index (χ3v) is 9.17. The van der Waals surface area contributed by atoms with E-state index in [0.29, 0.717) is 28.9 Å². The molecule has 0 aliphatic heterocycles. The number of pyridine rings is 1. The normalized spacial score (nSPS) is 12.7. The van der Waals surface area contributed by atoms with E-state index < -0.39 is 23.5 Å². The van der Waals surface area contributed by atoms with Crippen LogP contribution in [0.25, 0.3) is 71.7 Å². The molecule has 0 amide bonds. The third kappa shape index (κ3) is 4.36. The Morgan fingerprint density at radius 3 is 1.71 bits per heavy atom. The molecule has 0 atom stereocenters. The predicted molar refractivity (Wildman–Crippen MR) is 180 cm³/mol. The van der Waals surface area contributed by atoms with E-state index in [9.17, 15) is 26.3 Å². The molecular weight excluding hydrogens is 638 g/mol. The summed E-state index contributed by atoms with van der Waals surface area (Å²) in [6.45, 7) is 0. The van der Waals surface area contributed by atoms with Crippen LogP contribution < -0.4 is 0 Å². The summed E-state index contributed by atoms with van der Waals surface area (Å²) in [5.41, 5.74) is 1.84. The number of para-hydroxylation sites is 3. The van der Waals surface area contributed by atoms with E-state index in [1.54, 1.807) is 18.3 Å². The zero-order chi connectivity index (χ0) is 33.7. The van der Waals surface area contributed by atoms with E-state index in [1.807, 2.05) is 59.2 Å². The van der Waals surface area contributed by atoms with Crippen molar-refractivity contribution in [1.29, 1.82) is 0 Å². The molecule has 49 heavy (non-hydrogen) atoms. The van der Waals surface area contributed by atoms with Crippen LogP contribution in [0.3, 0.4) is 0 Å². The third-order valence-electron chi connectivity index (χ3n) is 9.17. The molecule has 5 aromatic carbocycles. The molecule has 0 spiro atoms. The number of nitrogens with zero attached hydrogens (tertiary/aromatic N) is 4. The van der Waals surface area contributed by atoms with Gasteiger partial charge in [-0.2, -0.15) is 26.3 Å². The Morgan fingerprint density at radius 1 is 0.469 bits per heavy atom. The van der Waals surface area contributed by atoms with E-state index >= 15 is 0 Å². The molecule has 0 unspecified atom stereocenters.